The van der Waals surface area contributed by atoms with E-state index < -0.39 is 24.9 Å². The summed E-state index contributed by atoms with van der Waals surface area (Å²) in [6.45, 7) is 2.33. The Morgan fingerprint density at radius 2 is 1.95 bits per heavy atom. The van der Waals surface area contributed by atoms with E-state index in [9.17, 15) is 13.2 Å². The van der Waals surface area contributed by atoms with Gasteiger partial charge in [0.25, 0.3) is 0 Å². The van der Waals surface area contributed by atoms with Crippen LogP contribution < -0.4 is 4.13 Å². The lowest BCUT2D eigenvalue weighted by Gasteiger charge is -2.35. The van der Waals surface area contributed by atoms with Crippen molar-refractivity contribution in [3.05, 3.63) is 0 Å². The summed E-state index contributed by atoms with van der Waals surface area (Å²) in [7, 11) is -3.72. The van der Waals surface area contributed by atoms with Crippen LogP contribution in [0.1, 0.15) is 58.3 Å². The van der Waals surface area contributed by atoms with Crippen molar-refractivity contribution >= 4 is 51.1 Å². The molecule has 1 fully saturated rings. The van der Waals surface area contributed by atoms with Gasteiger partial charge >= 0.3 is 5.97 Å². The number of unbranched alkanes of at least 4 members (excludes halogenated alkanes) is 1. The lowest BCUT2D eigenvalue weighted by atomic mass is 9.86. The molecule has 1 saturated carbocycles. The Kier molecular flexibility index (Phi) is 8.85. The number of hydrogen-bond acceptors (Lipinski definition) is 5. The maximum atomic E-state index is 12.6. The van der Waals surface area contributed by atoms with Crippen LogP contribution in [-0.4, -0.2) is 29.9 Å². The number of rotatable bonds is 9. The Morgan fingerprint density at radius 1 is 1.32 bits per heavy atom. The first kappa shape index (κ1) is 20.4. The molecule has 0 spiro atoms. The van der Waals surface area contributed by atoms with Gasteiger partial charge in [-0.3, -0.25) is 4.79 Å². The van der Waals surface area contributed by atoms with E-state index >= 15 is 0 Å². The van der Waals surface area contributed by atoms with Crippen molar-refractivity contribution in [2.45, 2.75) is 67.2 Å². The van der Waals surface area contributed by atoms with E-state index in [-0.39, 0.29) is 6.42 Å². The van der Waals surface area contributed by atoms with Crippen LogP contribution >= 0.6 is 35.1 Å². The molecule has 0 saturated heterocycles. The molecule has 0 aromatic heterocycles. The lowest BCUT2D eigenvalue weighted by molar-refractivity contribution is -0.144. The van der Waals surface area contributed by atoms with Crippen LogP contribution in [0.3, 0.4) is 0 Å². The minimum absolute atomic E-state index is 0.123. The molecule has 1 rings (SSSR count). The van der Waals surface area contributed by atoms with Gasteiger partial charge in [0.2, 0.25) is 10.0 Å². The fourth-order valence-electron chi connectivity index (χ4n) is 2.57. The molecule has 0 radical (unpaired) electrons. The van der Waals surface area contributed by atoms with Gasteiger partial charge in [0, 0.05) is 0 Å². The van der Waals surface area contributed by atoms with Crippen LogP contribution in [0.5, 0.6) is 0 Å². The third-order valence-electron chi connectivity index (χ3n) is 3.81. The summed E-state index contributed by atoms with van der Waals surface area (Å²) in [6.07, 6.45) is 4.99. The monoisotopic (exact) mass is 391 g/mol. The summed E-state index contributed by atoms with van der Waals surface area (Å²) < 4.78 is 30.7. The molecule has 0 aromatic rings. The van der Waals surface area contributed by atoms with Crippen LogP contribution in [0.25, 0.3) is 0 Å². The number of alkyl halides is 2. The van der Waals surface area contributed by atoms with Gasteiger partial charge in [-0.1, -0.05) is 55.8 Å². The van der Waals surface area contributed by atoms with Gasteiger partial charge in [-0.2, -0.15) is 4.13 Å². The van der Waals surface area contributed by atoms with Crippen LogP contribution in [0, 0.1) is 0 Å². The molecule has 1 aliphatic rings. The highest BCUT2D eigenvalue weighted by Gasteiger charge is 2.46. The molecule has 0 aromatic carbocycles. The second-order valence-electron chi connectivity index (χ2n) is 5.46. The minimum atomic E-state index is -3.72. The predicted molar refractivity (Wildman–Crippen MR) is 91.4 cm³/mol. The Bertz CT molecular complexity index is 451. The molecule has 0 aliphatic heterocycles. The number of sulfonamides is 1. The standard InChI is InChI=1S/C13H23Cl2NO4S2/c1-2-3-9-20-11(17)10-13(7-5-4-6-8-13)22(18,19)16-21-12(14)15/h12,16H,2-10H2,1H3. The maximum Gasteiger partial charge on any atom is 0.307 e. The van der Waals surface area contributed by atoms with E-state index in [2.05, 4.69) is 4.13 Å². The molecule has 1 aliphatic carbocycles. The molecule has 130 valence electrons. The zero-order chi connectivity index (χ0) is 16.6. The van der Waals surface area contributed by atoms with E-state index in [0.29, 0.717) is 19.4 Å². The highest BCUT2D eigenvalue weighted by atomic mass is 35.5. The third kappa shape index (κ3) is 6.07. The molecule has 22 heavy (non-hydrogen) atoms. The fraction of sp³-hybridized carbons (Fsp3) is 0.923. The van der Waals surface area contributed by atoms with E-state index in [4.69, 9.17) is 27.9 Å². The molecular weight excluding hydrogens is 369 g/mol. The van der Waals surface area contributed by atoms with Crippen LogP contribution in [-0.2, 0) is 19.6 Å². The van der Waals surface area contributed by atoms with Crippen molar-refractivity contribution < 1.29 is 17.9 Å². The Balaban J connectivity index is 2.78. The van der Waals surface area contributed by atoms with Crippen LogP contribution in [0.15, 0.2) is 0 Å². The molecule has 0 atom stereocenters. The van der Waals surface area contributed by atoms with Crippen molar-refractivity contribution in [2.75, 3.05) is 6.61 Å². The summed E-state index contributed by atoms with van der Waals surface area (Å²) in [4.78, 5) is 12.0. The fourth-order valence-corrected chi connectivity index (χ4v) is 5.86. The molecule has 0 heterocycles. The highest BCUT2D eigenvalue weighted by molar-refractivity contribution is 8.11. The van der Waals surface area contributed by atoms with Crippen molar-refractivity contribution in [3.63, 3.8) is 0 Å². The largest absolute Gasteiger partial charge is 0.466 e. The first-order chi connectivity index (χ1) is 10.3. The maximum absolute atomic E-state index is 12.6. The van der Waals surface area contributed by atoms with Crippen molar-refractivity contribution in [1.29, 1.82) is 0 Å². The quantitative estimate of drug-likeness (QED) is 0.280. The predicted octanol–water partition coefficient (Wildman–Crippen LogP) is 3.75. The van der Waals surface area contributed by atoms with Crippen LogP contribution in [0.2, 0.25) is 0 Å². The average molecular weight is 392 g/mol. The number of hydrogen-bond donors (Lipinski definition) is 1. The lowest BCUT2D eigenvalue weighted by Crippen LogP contribution is -2.47. The number of ether oxygens (including phenoxy) is 1. The first-order valence-electron chi connectivity index (χ1n) is 7.44. The Morgan fingerprint density at radius 3 is 2.50 bits per heavy atom. The van der Waals surface area contributed by atoms with Gasteiger partial charge in [-0.15, -0.1) is 0 Å². The second kappa shape index (κ2) is 9.57. The molecule has 0 amide bonds. The molecule has 5 nitrogen and oxygen atoms in total. The summed E-state index contributed by atoms with van der Waals surface area (Å²) in [6, 6.07) is 0. The number of carbonyl (C=O) groups is 1. The molecule has 9 heteroatoms. The number of carbonyl (C=O) groups excluding carboxylic acids is 1. The summed E-state index contributed by atoms with van der Waals surface area (Å²) >= 11 is 11.9. The van der Waals surface area contributed by atoms with E-state index in [1.54, 1.807) is 0 Å². The molecular formula is C13H23Cl2NO4S2. The Labute approximate surface area is 147 Å². The van der Waals surface area contributed by atoms with Crippen molar-refractivity contribution in [2.24, 2.45) is 0 Å². The SMILES string of the molecule is CCCCOC(=O)CC1(S(=O)(=O)NSC(Cl)Cl)CCCCC1. The smallest absolute Gasteiger partial charge is 0.307 e. The van der Waals surface area contributed by atoms with Gasteiger partial charge in [0.1, 0.15) is 0 Å². The number of halogens is 2. The third-order valence-corrected chi connectivity index (χ3v) is 7.48. The van der Waals surface area contributed by atoms with Gasteiger partial charge < -0.3 is 4.74 Å². The molecule has 0 bridgehead atoms. The Hall–Kier alpha value is 0.310. The van der Waals surface area contributed by atoms with Gasteiger partial charge in [-0.05, 0) is 31.2 Å². The van der Waals surface area contributed by atoms with Gasteiger partial charge in [-0.25, -0.2) is 8.42 Å². The minimum Gasteiger partial charge on any atom is -0.466 e. The zero-order valence-corrected chi connectivity index (χ0v) is 15.8. The topological polar surface area (TPSA) is 72.5 Å². The van der Waals surface area contributed by atoms with Gasteiger partial charge in [0.05, 0.1) is 17.8 Å². The normalized spacial score (nSPS) is 18.4. The van der Waals surface area contributed by atoms with Crippen molar-refractivity contribution in [3.8, 4) is 0 Å². The van der Waals surface area contributed by atoms with E-state index in [1.807, 2.05) is 6.92 Å². The van der Waals surface area contributed by atoms with Crippen LogP contribution in [0.4, 0.5) is 0 Å². The summed E-state index contributed by atoms with van der Waals surface area (Å²) in [5.41, 5.74) is 0. The second-order valence-corrected chi connectivity index (χ2v) is 10.3. The number of esters is 1. The molecule has 1 N–H and O–H groups in total. The van der Waals surface area contributed by atoms with Gasteiger partial charge in [0.15, 0.2) is 4.17 Å². The molecule has 0 unspecified atom stereocenters. The van der Waals surface area contributed by atoms with E-state index in [1.165, 1.54) is 0 Å². The first-order valence-corrected chi connectivity index (χ1v) is 10.7. The number of nitrogens with one attached hydrogen (secondary N) is 1. The summed E-state index contributed by atoms with van der Waals surface area (Å²) in [5, 5.41) is 0. The zero-order valence-electron chi connectivity index (χ0n) is 12.6. The average Bonchev–Trinajstić information content (AvgIpc) is 2.46. The van der Waals surface area contributed by atoms with Crippen molar-refractivity contribution in [1.82, 2.24) is 4.13 Å². The highest BCUT2D eigenvalue weighted by Crippen LogP contribution is 2.39. The van der Waals surface area contributed by atoms with E-state index in [0.717, 1.165) is 44.1 Å². The summed E-state index contributed by atoms with van der Waals surface area (Å²) in [5.74, 6) is -0.459.